The summed E-state index contributed by atoms with van der Waals surface area (Å²) in [6.45, 7) is 3.10. The van der Waals surface area contributed by atoms with Gasteiger partial charge in [0.25, 0.3) is 0 Å². The Labute approximate surface area is 99.5 Å². The number of hydrogen-bond donors (Lipinski definition) is 1. The fourth-order valence-corrected chi connectivity index (χ4v) is 5.18. The van der Waals surface area contributed by atoms with Gasteiger partial charge in [-0.1, -0.05) is 11.6 Å². The van der Waals surface area contributed by atoms with Crippen LogP contribution in [0.15, 0.2) is 11.6 Å². The highest BCUT2D eigenvalue weighted by molar-refractivity contribution is 5.14. The van der Waals surface area contributed by atoms with E-state index in [9.17, 15) is 0 Å². The van der Waals surface area contributed by atoms with E-state index < -0.39 is 0 Å². The maximum atomic E-state index is 5.66. The van der Waals surface area contributed by atoms with E-state index in [1.807, 2.05) is 0 Å². The number of rotatable bonds is 3. The van der Waals surface area contributed by atoms with Gasteiger partial charge in [-0.2, -0.15) is 0 Å². The first kappa shape index (κ1) is 10.8. The minimum Gasteiger partial charge on any atom is -0.330 e. The third-order valence-corrected chi connectivity index (χ3v) is 5.18. The summed E-state index contributed by atoms with van der Waals surface area (Å²) >= 11 is 0. The lowest BCUT2D eigenvalue weighted by molar-refractivity contribution is -0.0242. The molecule has 16 heavy (non-hydrogen) atoms. The molecule has 4 aliphatic rings. The van der Waals surface area contributed by atoms with Crippen LogP contribution in [0.2, 0.25) is 0 Å². The van der Waals surface area contributed by atoms with Gasteiger partial charge in [0, 0.05) is 0 Å². The molecule has 0 spiro atoms. The van der Waals surface area contributed by atoms with Crippen LogP contribution in [0.4, 0.5) is 0 Å². The first-order chi connectivity index (χ1) is 7.69. The molecule has 0 aromatic heterocycles. The highest BCUT2D eigenvalue weighted by atomic mass is 14.5. The molecule has 4 aliphatic carbocycles. The topological polar surface area (TPSA) is 26.0 Å². The summed E-state index contributed by atoms with van der Waals surface area (Å²) in [4.78, 5) is 0. The zero-order chi connectivity index (χ0) is 11.2. The van der Waals surface area contributed by atoms with E-state index >= 15 is 0 Å². The SMILES string of the molecule is C/C(=C\C12CC3CC(CC(C3)C1)C2)CCN. The van der Waals surface area contributed by atoms with Crippen LogP contribution in [-0.2, 0) is 0 Å². The van der Waals surface area contributed by atoms with Crippen LogP contribution in [0.3, 0.4) is 0 Å². The van der Waals surface area contributed by atoms with Crippen LogP contribution in [0, 0.1) is 23.2 Å². The van der Waals surface area contributed by atoms with Crippen molar-refractivity contribution in [2.45, 2.75) is 51.9 Å². The van der Waals surface area contributed by atoms with Gasteiger partial charge < -0.3 is 5.73 Å². The van der Waals surface area contributed by atoms with Crippen LogP contribution in [0.25, 0.3) is 0 Å². The van der Waals surface area contributed by atoms with E-state index in [0.29, 0.717) is 5.41 Å². The van der Waals surface area contributed by atoms with Gasteiger partial charge in [-0.05, 0) is 81.6 Å². The Hall–Kier alpha value is -0.300. The van der Waals surface area contributed by atoms with Gasteiger partial charge in [-0.15, -0.1) is 0 Å². The summed E-state index contributed by atoms with van der Waals surface area (Å²) in [7, 11) is 0. The van der Waals surface area contributed by atoms with E-state index in [1.165, 1.54) is 19.3 Å². The van der Waals surface area contributed by atoms with Crippen molar-refractivity contribution < 1.29 is 0 Å². The van der Waals surface area contributed by atoms with Crippen molar-refractivity contribution in [2.24, 2.45) is 28.9 Å². The fraction of sp³-hybridized carbons (Fsp3) is 0.867. The fourth-order valence-electron chi connectivity index (χ4n) is 5.18. The Morgan fingerprint density at radius 1 is 1.12 bits per heavy atom. The van der Waals surface area contributed by atoms with Gasteiger partial charge in [0.1, 0.15) is 0 Å². The molecule has 4 rings (SSSR count). The molecular formula is C15H25N. The molecular weight excluding hydrogens is 194 g/mol. The molecule has 0 aromatic rings. The van der Waals surface area contributed by atoms with Crippen LogP contribution in [0.1, 0.15) is 51.9 Å². The smallest absolute Gasteiger partial charge is 0.00400 e. The maximum Gasteiger partial charge on any atom is -0.00400 e. The van der Waals surface area contributed by atoms with Crippen molar-refractivity contribution in [3.8, 4) is 0 Å². The van der Waals surface area contributed by atoms with Gasteiger partial charge in [-0.3, -0.25) is 0 Å². The molecule has 0 amide bonds. The Morgan fingerprint density at radius 2 is 1.62 bits per heavy atom. The van der Waals surface area contributed by atoms with E-state index in [2.05, 4.69) is 13.0 Å². The molecule has 0 aliphatic heterocycles. The van der Waals surface area contributed by atoms with Crippen LogP contribution in [0.5, 0.6) is 0 Å². The quantitative estimate of drug-likeness (QED) is 0.722. The Balaban J connectivity index is 1.80. The summed E-state index contributed by atoms with van der Waals surface area (Å²) in [6, 6.07) is 0. The van der Waals surface area contributed by atoms with Gasteiger partial charge in [0.15, 0.2) is 0 Å². The molecule has 2 N–H and O–H groups in total. The average molecular weight is 219 g/mol. The first-order valence-corrected chi connectivity index (χ1v) is 7.07. The largest absolute Gasteiger partial charge is 0.330 e. The van der Waals surface area contributed by atoms with E-state index in [4.69, 9.17) is 5.73 Å². The lowest BCUT2D eigenvalue weighted by atomic mass is 9.49. The predicted molar refractivity (Wildman–Crippen MR) is 68.0 cm³/mol. The van der Waals surface area contributed by atoms with Crippen LogP contribution < -0.4 is 5.73 Å². The van der Waals surface area contributed by atoms with Crippen molar-refractivity contribution in [2.75, 3.05) is 6.54 Å². The average Bonchev–Trinajstić information content (AvgIpc) is 2.13. The second-order valence-corrected chi connectivity index (χ2v) is 6.81. The second kappa shape index (κ2) is 3.87. The molecule has 4 saturated carbocycles. The molecule has 4 bridgehead atoms. The Morgan fingerprint density at radius 3 is 2.06 bits per heavy atom. The van der Waals surface area contributed by atoms with E-state index in [1.54, 1.807) is 24.8 Å². The maximum absolute atomic E-state index is 5.66. The molecule has 0 radical (unpaired) electrons. The number of nitrogens with two attached hydrogens (primary N) is 1. The van der Waals surface area contributed by atoms with Crippen LogP contribution >= 0.6 is 0 Å². The van der Waals surface area contributed by atoms with Crippen molar-refractivity contribution in [1.82, 2.24) is 0 Å². The highest BCUT2D eigenvalue weighted by Crippen LogP contribution is 2.60. The summed E-state index contributed by atoms with van der Waals surface area (Å²) in [5.74, 6) is 3.19. The third-order valence-electron chi connectivity index (χ3n) is 5.18. The zero-order valence-electron chi connectivity index (χ0n) is 10.5. The molecule has 1 nitrogen and oxygen atoms in total. The Bertz CT molecular complexity index is 267. The summed E-state index contributed by atoms with van der Waals surface area (Å²) in [6.07, 6.45) is 12.8. The van der Waals surface area contributed by atoms with Crippen molar-refractivity contribution >= 4 is 0 Å². The molecule has 0 unspecified atom stereocenters. The summed E-state index contributed by atoms with van der Waals surface area (Å²) in [5.41, 5.74) is 7.81. The van der Waals surface area contributed by atoms with Crippen molar-refractivity contribution in [1.29, 1.82) is 0 Å². The first-order valence-electron chi connectivity index (χ1n) is 7.07. The third kappa shape index (κ3) is 1.84. The summed E-state index contributed by atoms with van der Waals surface area (Å²) < 4.78 is 0. The van der Waals surface area contributed by atoms with Gasteiger partial charge in [0.05, 0.1) is 0 Å². The molecule has 0 saturated heterocycles. The predicted octanol–water partition coefficient (Wildman–Crippen LogP) is 3.50. The molecule has 0 atom stereocenters. The minimum absolute atomic E-state index is 0.605. The number of allylic oxidation sites excluding steroid dienone is 1. The normalized spacial score (nSPS) is 46.4. The molecule has 4 fully saturated rings. The van der Waals surface area contributed by atoms with Crippen LogP contribution in [-0.4, -0.2) is 6.54 Å². The summed E-state index contributed by atoms with van der Waals surface area (Å²) in [5, 5.41) is 0. The lowest BCUT2D eigenvalue weighted by Gasteiger charge is -2.56. The van der Waals surface area contributed by atoms with Crippen molar-refractivity contribution in [3.63, 3.8) is 0 Å². The molecule has 0 aromatic carbocycles. The zero-order valence-corrected chi connectivity index (χ0v) is 10.5. The van der Waals surface area contributed by atoms with E-state index in [0.717, 1.165) is 30.7 Å². The van der Waals surface area contributed by atoms with Gasteiger partial charge >= 0.3 is 0 Å². The monoisotopic (exact) mass is 219 g/mol. The standard InChI is InChI=1S/C15H25N/c1-11(2-3-16)7-15-8-12-4-13(9-15)6-14(5-12)10-15/h7,12-14H,2-6,8-10,16H2,1H3/b11-7+. The lowest BCUT2D eigenvalue weighted by Crippen LogP contribution is -2.45. The molecule has 0 heterocycles. The van der Waals surface area contributed by atoms with Gasteiger partial charge in [0.2, 0.25) is 0 Å². The second-order valence-electron chi connectivity index (χ2n) is 6.81. The van der Waals surface area contributed by atoms with Crippen molar-refractivity contribution in [3.05, 3.63) is 11.6 Å². The number of hydrogen-bond acceptors (Lipinski definition) is 1. The van der Waals surface area contributed by atoms with Gasteiger partial charge in [-0.25, -0.2) is 0 Å². The minimum atomic E-state index is 0.605. The molecule has 90 valence electrons. The van der Waals surface area contributed by atoms with E-state index in [-0.39, 0.29) is 0 Å². The highest BCUT2D eigenvalue weighted by Gasteiger charge is 2.49. The Kier molecular flexibility index (Phi) is 2.62. The molecule has 1 heteroatoms.